The van der Waals surface area contributed by atoms with E-state index in [1.165, 1.54) is 0 Å². The molecule has 0 amide bonds. The maximum Gasteiger partial charge on any atom is 2.00 e. The molecule has 0 atom stereocenters. The van der Waals surface area contributed by atoms with E-state index in [0.717, 1.165) is 66.3 Å². The van der Waals surface area contributed by atoms with E-state index in [1.807, 2.05) is 49.5 Å². The number of hydrogen-bond acceptors (Lipinski definition) is 3. The van der Waals surface area contributed by atoms with Crippen LogP contribution in [0.25, 0.3) is 54.9 Å². The Morgan fingerprint density at radius 2 is 1.38 bits per heavy atom. The van der Waals surface area contributed by atoms with E-state index < -0.39 is 0 Å². The van der Waals surface area contributed by atoms with Gasteiger partial charge < -0.3 is 13.7 Å². The van der Waals surface area contributed by atoms with Crippen LogP contribution in [0.5, 0.6) is 11.5 Å². The molecule has 4 aromatic carbocycles. The molecule has 0 aliphatic rings. The van der Waals surface area contributed by atoms with Crippen molar-refractivity contribution in [3.8, 4) is 17.2 Å². The van der Waals surface area contributed by atoms with Crippen LogP contribution in [0, 0.1) is 26.0 Å². The number of nitrogens with zero attached hydrogens (tertiary/aromatic N) is 4. The van der Waals surface area contributed by atoms with Crippen LogP contribution in [-0.2, 0) is 21.1 Å². The van der Waals surface area contributed by atoms with Crippen LogP contribution in [0.3, 0.4) is 0 Å². The van der Waals surface area contributed by atoms with Crippen molar-refractivity contribution >= 4 is 49.3 Å². The number of rotatable bonds is 3. The molecular formula is C34H22N4OPt. The average molecular weight is 698 g/mol. The monoisotopic (exact) mass is 697 g/mol. The number of aryl methyl sites for hydroxylation is 2. The summed E-state index contributed by atoms with van der Waals surface area (Å²) in [6, 6.07) is 37.8. The van der Waals surface area contributed by atoms with Crippen LogP contribution < -0.4 is 4.74 Å². The fourth-order valence-corrected chi connectivity index (χ4v) is 5.69. The largest absolute Gasteiger partial charge is 2.00 e. The number of imidazole rings is 1. The van der Waals surface area contributed by atoms with Crippen molar-refractivity contribution in [2.75, 3.05) is 0 Å². The molecule has 0 saturated carbocycles. The van der Waals surface area contributed by atoms with E-state index in [4.69, 9.17) is 14.7 Å². The topological polar surface area (TPSA) is 44.3 Å². The molecule has 0 N–H and O–H groups in total. The molecule has 8 aromatic rings. The predicted molar refractivity (Wildman–Crippen MR) is 156 cm³/mol. The second-order valence-electron chi connectivity index (χ2n) is 9.80. The van der Waals surface area contributed by atoms with Crippen molar-refractivity contribution in [1.29, 1.82) is 0 Å². The Bertz CT molecular complexity index is 2190. The number of para-hydroxylation sites is 2. The van der Waals surface area contributed by atoms with Crippen LogP contribution in [0.15, 0.2) is 97.2 Å². The summed E-state index contributed by atoms with van der Waals surface area (Å²) in [6.07, 6.45) is 1.83. The summed E-state index contributed by atoms with van der Waals surface area (Å²) in [7, 11) is 0. The van der Waals surface area contributed by atoms with Crippen LogP contribution in [0.2, 0.25) is 0 Å². The van der Waals surface area contributed by atoms with Gasteiger partial charge in [0.2, 0.25) is 0 Å². The summed E-state index contributed by atoms with van der Waals surface area (Å²) in [6.45, 7) is 4.16. The Morgan fingerprint density at radius 1 is 0.650 bits per heavy atom. The standard InChI is InChI=1S/C34H22N4O.Pt/c1-21-22(2)37-31-14-5-3-11-27(31)26-17-16-25(20-30(26)34(37)36-21)39-24-10-7-9-23(19-24)38-32-15-6-4-12-28(32)29-13-8-18-35-33(29)38;/h3-18H,1-2H3;/q-2;+2. The quantitative estimate of drug-likeness (QED) is 0.138. The molecular weight excluding hydrogens is 675 g/mol. The van der Waals surface area contributed by atoms with Gasteiger partial charge in [0.05, 0.1) is 11.2 Å². The number of hydrogen-bond donors (Lipinski definition) is 0. The van der Waals surface area contributed by atoms with Gasteiger partial charge in [0.15, 0.2) is 0 Å². The van der Waals surface area contributed by atoms with Gasteiger partial charge in [-0.15, -0.1) is 30.3 Å². The molecule has 8 rings (SSSR count). The summed E-state index contributed by atoms with van der Waals surface area (Å²) in [5, 5.41) is 5.47. The van der Waals surface area contributed by atoms with E-state index in [1.54, 1.807) is 0 Å². The third-order valence-corrected chi connectivity index (χ3v) is 7.57. The van der Waals surface area contributed by atoms with Crippen molar-refractivity contribution in [3.05, 3.63) is 121 Å². The minimum Gasteiger partial charge on any atom is -0.503 e. The summed E-state index contributed by atoms with van der Waals surface area (Å²) in [4.78, 5) is 9.60. The van der Waals surface area contributed by atoms with Gasteiger partial charge in [0.1, 0.15) is 5.65 Å². The number of ether oxygens (including phenoxy) is 1. The summed E-state index contributed by atoms with van der Waals surface area (Å²) in [5.41, 5.74) is 7.00. The summed E-state index contributed by atoms with van der Waals surface area (Å²) in [5.74, 6) is 1.23. The molecule has 0 radical (unpaired) electrons. The number of aromatic nitrogens is 4. The molecule has 6 heteroatoms. The van der Waals surface area contributed by atoms with E-state index in [9.17, 15) is 0 Å². The minimum atomic E-state index is 0. The second-order valence-corrected chi connectivity index (χ2v) is 9.80. The minimum absolute atomic E-state index is 0. The van der Waals surface area contributed by atoms with Gasteiger partial charge in [-0.05, 0) is 43.5 Å². The number of fused-ring (bicyclic) bond motifs is 9. The fourth-order valence-electron chi connectivity index (χ4n) is 5.69. The van der Waals surface area contributed by atoms with Crippen molar-refractivity contribution in [1.82, 2.24) is 18.9 Å². The Balaban J connectivity index is 0.00000264. The molecule has 4 aromatic heterocycles. The van der Waals surface area contributed by atoms with Crippen molar-refractivity contribution in [3.63, 3.8) is 0 Å². The van der Waals surface area contributed by atoms with E-state index in [2.05, 4.69) is 82.6 Å². The van der Waals surface area contributed by atoms with Crippen LogP contribution in [0.4, 0.5) is 0 Å². The molecule has 0 unspecified atom stereocenters. The molecule has 0 fully saturated rings. The molecule has 0 spiro atoms. The summed E-state index contributed by atoms with van der Waals surface area (Å²) >= 11 is 0. The van der Waals surface area contributed by atoms with E-state index in [0.29, 0.717) is 11.5 Å². The zero-order valence-corrected chi connectivity index (χ0v) is 24.0. The third kappa shape index (κ3) is 3.58. The van der Waals surface area contributed by atoms with Gasteiger partial charge >= 0.3 is 21.1 Å². The van der Waals surface area contributed by atoms with E-state index >= 15 is 0 Å². The zero-order valence-electron chi connectivity index (χ0n) is 21.8. The van der Waals surface area contributed by atoms with Crippen molar-refractivity contribution in [2.24, 2.45) is 0 Å². The van der Waals surface area contributed by atoms with Crippen LogP contribution >= 0.6 is 0 Å². The Kier molecular flexibility index (Phi) is 5.72. The first kappa shape index (κ1) is 24.6. The average Bonchev–Trinajstić information content (AvgIpc) is 3.47. The maximum atomic E-state index is 6.37. The van der Waals surface area contributed by atoms with Gasteiger partial charge in [0.25, 0.3) is 0 Å². The first-order chi connectivity index (χ1) is 19.2. The molecule has 4 heterocycles. The maximum absolute atomic E-state index is 6.37. The normalized spacial score (nSPS) is 11.6. The predicted octanol–water partition coefficient (Wildman–Crippen LogP) is 8.14. The molecule has 40 heavy (non-hydrogen) atoms. The number of pyridine rings is 2. The zero-order chi connectivity index (χ0) is 26.1. The molecule has 5 nitrogen and oxygen atoms in total. The smallest absolute Gasteiger partial charge is 0.503 e. The van der Waals surface area contributed by atoms with Crippen molar-refractivity contribution in [2.45, 2.75) is 13.8 Å². The van der Waals surface area contributed by atoms with Gasteiger partial charge in [-0.3, -0.25) is 4.98 Å². The molecule has 194 valence electrons. The molecule has 0 bridgehead atoms. The van der Waals surface area contributed by atoms with Gasteiger partial charge in [-0.2, -0.15) is 6.07 Å². The first-order valence-electron chi connectivity index (χ1n) is 12.9. The first-order valence-corrected chi connectivity index (χ1v) is 12.9. The SMILES string of the molecule is Cc1nc2c3[c-]c(Oc4[c-]c(-n5c6ccccc6c6cccnc65)ccc4)ccc3c3ccccc3n2c1C.[Pt+2]. The van der Waals surface area contributed by atoms with Crippen molar-refractivity contribution < 1.29 is 25.8 Å². The van der Waals surface area contributed by atoms with Gasteiger partial charge in [-0.25, -0.2) is 4.98 Å². The number of benzene rings is 4. The van der Waals surface area contributed by atoms with Crippen LogP contribution in [-0.4, -0.2) is 18.9 Å². The third-order valence-electron chi connectivity index (χ3n) is 7.57. The van der Waals surface area contributed by atoms with Gasteiger partial charge in [0, 0.05) is 45.4 Å². The Hall–Kier alpha value is -4.47. The van der Waals surface area contributed by atoms with Gasteiger partial charge in [-0.1, -0.05) is 58.9 Å². The van der Waals surface area contributed by atoms with Crippen LogP contribution in [0.1, 0.15) is 11.4 Å². The Morgan fingerprint density at radius 3 is 2.23 bits per heavy atom. The van der Waals surface area contributed by atoms with E-state index in [-0.39, 0.29) is 21.1 Å². The Labute approximate surface area is 244 Å². The molecule has 0 aliphatic carbocycles. The molecule has 0 aliphatic heterocycles. The fraction of sp³-hybridized carbons (Fsp3) is 0.0588. The molecule has 0 saturated heterocycles. The summed E-state index contributed by atoms with van der Waals surface area (Å²) < 4.78 is 10.7. The second kappa shape index (κ2) is 9.32.